The summed E-state index contributed by atoms with van der Waals surface area (Å²) >= 11 is 0. The van der Waals surface area contributed by atoms with Crippen LogP contribution in [0.5, 0.6) is 5.75 Å². The Bertz CT molecular complexity index is 660. The molecule has 6 heteroatoms. The standard InChI is InChI=1S/C17H26N2O3S/c1-22-17-6-4-14-3-5-16(9-15(14)10-17)18-11-13-7-8-19(12-13)23(2,20)21/h4,6,10,13,16,18H,3,5,7-9,11-12H2,1-2H3/t13-,16+/m1/s1. The molecule has 1 saturated heterocycles. The van der Waals surface area contributed by atoms with E-state index in [1.807, 2.05) is 6.07 Å². The van der Waals surface area contributed by atoms with Crippen LogP contribution in [-0.2, 0) is 22.9 Å². The van der Waals surface area contributed by atoms with Crippen molar-refractivity contribution in [2.45, 2.75) is 31.7 Å². The number of benzene rings is 1. The fourth-order valence-corrected chi connectivity index (χ4v) is 4.55. The summed E-state index contributed by atoms with van der Waals surface area (Å²) in [5.41, 5.74) is 2.80. The van der Waals surface area contributed by atoms with Gasteiger partial charge in [-0.2, -0.15) is 0 Å². The van der Waals surface area contributed by atoms with Crippen molar-refractivity contribution in [3.8, 4) is 5.75 Å². The Kier molecular flexibility index (Phi) is 4.94. The molecule has 1 aliphatic carbocycles. The topological polar surface area (TPSA) is 58.6 Å². The molecule has 23 heavy (non-hydrogen) atoms. The van der Waals surface area contributed by atoms with Crippen LogP contribution in [0.1, 0.15) is 24.0 Å². The van der Waals surface area contributed by atoms with Gasteiger partial charge in [0.15, 0.2) is 0 Å². The number of hydrogen-bond donors (Lipinski definition) is 1. The SMILES string of the molecule is COc1ccc2c(c1)C[C@@H](NC[C@H]1CCN(S(C)(=O)=O)C1)CC2. The highest BCUT2D eigenvalue weighted by atomic mass is 32.2. The zero-order valence-electron chi connectivity index (χ0n) is 13.9. The molecule has 0 spiro atoms. The molecule has 2 atom stereocenters. The third-order valence-corrected chi connectivity index (χ3v) is 6.32. The third kappa shape index (κ3) is 4.05. The first-order chi connectivity index (χ1) is 11.0. The van der Waals surface area contributed by atoms with Gasteiger partial charge in [0.05, 0.1) is 13.4 Å². The Balaban J connectivity index is 1.52. The molecule has 0 radical (unpaired) electrons. The lowest BCUT2D eigenvalue weighted by atomic mass is 9.88. The monoisotopic (exact) mass is 338 g/mol. The average molecular weight is 338 g/mol. The van der Waals surface area contributed by atoms with Gasteiger partial charge in [0.1, 0.15) is 5.75 Å². The molecule has 0 bridgehead atoms. The number of nitrogens with zero attached hydrogens (tertiary/aromatic N) is 1. The fraction of sp³-hybridized carbons (Fsp3) is 0.647. The van der Waals surface area contributed by atoms with Gasteiger partial charge < -0.3 is 10.1 Å². The molecular formula is C17H26N2O3S. The molecule has 1 aromatic rings. The second kappa shape index (κ2) is 6.79. The molecule has 3 rings (SSSR count). The Morgan fingerprint density at radius 1 is 1.30 bits per heavy atom. The third-order valence-electron chi connectivity index (χ3n) is 5.05. The van der Waals surface area contributed by atoms with E-state index in [2.05, 4.69) is 17.4 Å². The van der Waals surface area contributed by atoms with E-state index in [0.29, 0.717) is 25.0 Å². The molecule has 0 amide bonds. The normalized spacial score (nSPS) is 25.3. The van der Waals surface area contributed by atoms with E-state index in [1.54, 1.807) is 11.4 Å². The second-order valence-electron chi connectivity index (χ2n) is 6.76. The van der Waals surface area contributed by atoms with Gasteiger partial charge in [-0.3, -0.25) is 0 Å². The van der Waals surface area contributed by atoms with Crippen LogP contribution in [0.2, 0.25) is 0 Å². The van der Waals surface area contributed by atoms with Crippen molar-refractivity contribution in [1.29, 1.82) is 0 Å². The summed E-state index contributed by atoms with van der Waals surface area (Å²) in [7, 11) is -1.33. The van der Waals surface area contributed by atoms with Crippen LogP contribution in [0.25, 0.3) is 0 Å². The summed E-state index contributed by atoms with van der Waals surface area (Å²) < 4.78 is 30.1. The minimum Gasteiger partial charge on any atom is -0.497 e. The molecular weight excluding hydrogens is 312 g/mol. The van der Waals surface area contributed by atoms with Crippen molar-refractivity contribution in [2.75, 3.05) is 33.0 Å². The molecule has 1 aliphatic heterocycles. The lowest BCUT2D eigenvalue weighted by Gasteiger charge is -2.27. The van der Waals surface area contributed by atoms with Gasteiger partial charge in [-0.25, -0.2) is 12.7 Å². The van der Waals surface area contributed by atoms with Crippen LogP contribution in [-0.4, -0.2) is 51.8 Å². The zero-order valence-corrected chi connectivity index (χ0v) is 14.7. The minimum absolute atomic E-state index is 0.427. The van der Waals surface area contributed by atoms with Crippen molar-refractivity contribution in [2.24, 2.45) is 5.92 Å². The van der Waals surface area contributed by atoms with Gasteiger partial charge in [-0.15, -0.1) is 0 Å². The summed E-state index contributed by atoms with van der Waals surface area (Å²) in [6.45, 7) is 2.22. The first-order valence-electron chi connectivity index (χ1n) is 8.30. The van der Waals surface area contributed by atoms with E-state index in [-0.39, 0.29) is 0 Å². The van der Waals surface area contributed by atoms with Crippen LogP contribution in [0.4, 0.5) is 0 Å². The van der Waals surface area contributed by atoms with Gasteiger partial charge in [-0.05, 0) is 61.4 Å². The number of methoxy groups -OCH3 is 1. The lowest BCUT2D eigenvalue weighted by Crippen LogP contribution is -2.38. The van der Waals surface area contributed by atoms with E-state index in [0.717, 1.165) is 38.0 Å². The largest absolute Gasteiger partial charge is 0.497 e. The van der Waals surface area contributed by atoms with Crippen molar-refractivity contribution in [3.63, 3.8) is 0 Å². The van der Waals surface area contributed by atoms with Crippen LogP contribution in [0.15, 0.2) is 18.2 Å². The molecule has 0 aromatic heterocycles. The molecule has 1 N–H and O–H groups in total. The molecule has 5 nitrogen and oxygen atoms in total. The summed E-state index contributed by atoms with van der Waals surface area (Å²) in [5, 5.41) is 3.65. The Morgan fingerprint density at radius 3 is 2.83 bits per heavy atom. The quantitative estimate of drug-likeness (QED) is 0.882. The number of ether oxygens (including phenoxy) is 1. The highest BCUT2D eigenvalue weighted by molar-refractivity contribution is 7.88. The van der Waals surface area contributed by atoms with E-state index in [1.165, 1.54) is 17.4 Å². The van der Waals surface area contributed by atoms with Gasteiger partial charge in [-0.1, -0.05) is 6.07 Å². The number of aryl methyl sites for hydroxylation is 1. The summed E-state index contributed by atoms with van der Waals surface area (Å²) in [4.78, 5) is 0. The molecule has 1 heterocycles. The summed E-state index contributed by atoms with van der Waals surface area (Å²) in [6.07, 6.45) is 5.51. The van der Waals surface area contributed by atoms with Gasteiger partial charge >= 0.3 is 0 Å². The lowest BCUT2D eigenvalue weighted by molar-refractivity contribution is 0.394. The van der Waals surface area contributed by atoms with Crippen molar-refractivity contribution >= 4 is 10.0 Å². The van der Waals surface area contributed by atoms with E-state index >= 15 is 0 Å². The highest BCUT2D eigenvalue weighted by Gasteiger charge is 2.29. The van der Waals surface area contributed by atoms with E-state index < -0.39 is 10.0 Å². The molecule has 0 unspecified atom stereocenters. The van der Waals surface area contributed by atoms with Crippen molar-refractivity contribution in [1.82, 2.24) is 9.62 Å². The Morgan fingerprint density at radius 2 is 2.13 bits per heavy atom. The molecule has 1 fully saturated rings. The first kappa shape index (κ1) is 16.7. The van der Waals surface area contributed by atoms with Crippen LogP contribution >= 0.6 is 0 Å². The Hall–Kier alpha value is -1.11. The van der Waals surface area contributed by atoms with Crippen molar-refractivity contribution < 1.29 is 13.2 Å². The first-order valence-corrected chi connectivity index (χ1v) is 10.1. The van der Waals surface area contributed by atoms with E-state index in [9.17, 15) is 8.42 Å². The van der Waals surface area contributed by atoms with Crippen LogP contribution in [0.3, 0.4) is 0 Å². The predicted molar refractivity (Wildman–Crippen MR) is 91.3 cm³/mol. The molecule has 128 valence electrons. The smallest absolute Gasteiger partial charge is 0.211 e. The number of rotatable bonds is 5. The average Bonchev–Trinajstić information content (AvgIpc) is 3.01. The van der Waals surface area contributed by atoms with Gasteiger partial charge in [0.2, 0.25) is 10.0 Å². The second-order valence-corrected chi connectivity index (χ2v) is 8.74. The highest BCUT2D eigenvalue weighted by Crippen LogP contribution is 2.26. The maximum absolute atomic E-state index is 11.6. The number of nitrogens with one attached hydrogen (secondary N) is 1. The molecule has 0 saturated carbocycles. The van der Waals surface area contributed by atoms with Gasteiger partial charge in [0.25, 0.3) is 0 Å². The predicted octanol–water partition coefficient (Wildman–Crippen LogP) is 1.42. The molecule has 2 aliphatic rings. The number of hydrogen-bond acceptors (Lipinski definition) is 4. The summed E-state index contributed by atoms with van der Waals surface area (Å²) in [6, 6.07) is 6.82. The zero-order chi connectivity index (χ0) is 16.4. The maximum Gasteiger partial charge on any atom is 0.211 e. The van der Waals surface area contributed by atoms with Gasteiger partial charge in [0, 0.05) is 19.1 Å². The van der Waals surface area contributed by atoms with Crippen LogP contribution in [0, 0.1) is 5.92 Å². The minimum atomic E-state index is -3.03. The number of sulfonamides is 1. The Labute approximate surface area is 139 Å². The maximum atomic E-state index is 11.6. The van der Waals surface area contributed by atoms with Crippen molar-refractivity contribution in [3.05, 3.63) is 29.3 Å². The van der Waals surface area contributed by atoms with Crippen LogP contribution < -0.4 is 10.1 Å². The number of fused-ring (bicyclic) bond motifs is 1. The molecule has 1 aromatic carbocycles. The summed E-state index contributed by atoms with van der Waals surface area (Å²) in [5.74, 6) is 1.35. The fourth-order valence-electron chi connectivity index (χ4n) is 3.63. The van der Waals surface area contributed by atoms with E-state index in [4.69, 9.17) is 4.74 Å².